The summed E-state index contributed by atoms with van der Waals surface area (Å²) in [7, 11) is 1.78. The van der Waals surface area contributed by atoms with Gasteiger partial charge >= 0.3 is 0 Å². The zero-order valence-electron chi connectivity index (χ0n) is 11.7. The molecule has 0 N–H and O–H groups in total. The number of hydrogen-bond donors (Lipinski definition) is 0. The van der Waals surface area contributed by atoms with E-state index in [0.717, 1.165) is 31.4 Å². The topological polar surface area (TPSA) is 9.23 Å². The summed E-state index contributed by atoms with van der Waals surface area (Å²) in [5, 5.41) is 0. The Kier molecular flexibility index (Phi) is 3.29. The SMILES string of the molecule is COc1cc2c(C)cc1CCc1ccc(cc1)CC2. The molecule has 0 fully saturated rings. The summed E-state index contributed by atoms with van der Waals surface area (Å²) in [6.45, 7) is 2.21. The summed E-state index contributed by atoms with van der Waals surface area (Å²) >= 11 is 0. The maximum Gasteiger partial charge on any atom is 0.122 e. The van der Waals surface area contributed by atoms with Gasteiger partial charge in [-0.15, -0.1) is 0 Å². The van der Waals surface area contributed by atoms with E-state index in [9.17, 15) is 0 Å². The zero-order chi connectivity index (χ0) is 13.2. The Morgan fingerprint density at radius 2 is 1.37 bits per heavy atom. The van der Waals surface area contributed by atoms with E-state index in [4.69, 9.17) is 4.74 Å². The van der Waals surface area contributed by atoms with Crippen molar-refractivity contribution in [2.24, 2.45) is 0 Å². The van der Waals surface area contributed by atoms with E-state index in [-0.39, 0.29) is 0 Å². The Morgan fingerprint density at radius 3 is 1.95 bits per heavy atom. The first-order valence-electron chi connectivity index (χ1n) is 7.00. The third-order valence-corrected chi connectivity index (χ3v) is 4.13. The van der Waals surface area contributed by atoms with E-state index in [1.165, 1.54) is 27.8 Å². The van der Waals surface area contributed by atoms with E-state index in [1.807, 2.05) is 0 Å². The van der Waals surface area contributed by atoms with Crippen molar-refractivity contribution in [2.75, 3.05) is 7.11 Å². The smallest absolute Gasteiger partial charge is 0.122 e. The Bertz CT molecular complexity index is 581. The third-order valence-electron chi connectivity index (χ3n) is 4.13. The van der Waals surface area contributed by atoms with Crippen molar-refractivity contribution < 1.29 is 4.74 Å². The van der Waals surface area contributed by atoms with Gasteiger partial charge in [-0.25, -0.2) is 0 Å². The number of hydrogen-bond acceptors (Lipinski definition) is 1. The lowest BCUT2D eigenvalue weighted by molar-refractivity contribution is 0.409. The highest BCUT2D eigenvalue weighted by molar-refractivity contribution is 5.43. The molecule has 0 radical (unpaired) electrons. The van der Waals surface area contributed by atoms with Crippen LogP contribution in [-0.2, 0) is 25.7 Å². The molecule has 4 aliphatic rings. The summed E-state index contributed by atoms with van der Waals surface area (Å²) in [5.41, 5.74) is 6.96. The van der Waals surface area contributed by atoms with Crippen molar-refractivity contribution in [2.45, 2.75) is 32.6 Å². The molecule has 2 aromatic carbocycles. The van der Waals surface area contributed by atoms with Crippen LogP contribution in [0.5, 0.6) is 5.75 Å². The molecular formula is C18H20O. The molecule has 0 amide bonds. The highest BCUT2D eigenvalue weighted by Gasteiger charge is 2.10. The lowest BCUT2D eigenvalue weighted by Gasteiger charge is -2.15. The lowest BCUT2D eigenvalue weighted by Crippen LogP contribution is -2.02. The average molecular weight is 252 g/mol. The van der Waals surface area contributed by atoms with Crippen molar-refractivity contribution in [1.82, 2.24) is 0 Å². The monoisotopic (exact) mass is 252 g/mol. The van der Waals surface area contributed by atoms with Gasteiger partial charge < -0.3 is 4.74 Å². The van der Waals surface area contributed by atoms with Crippen LogP contribution in [0.15, 0.2) is 36.4 Å². The van der Waals surface area contributed by atoms with Crippen LogP contribution in [0.2, 0.25) is 0 Å². The number of benzene rings is 2. The fourth-order valence-electron chi connectivity index (χ4n) is 2.88. The molecule has 19 heavy (non-hydrogen) atoms. The zero-order valence-corrected chi connectivity index (χ0v) is 11.7. The molecule has 4 bridgehead atoms. The third kappa shape index (κ3) is 2.51. The molecule has 0 heterocycles. The van der Waals surface area contributed by atoms with E-state index in [2.05, 4.69) is 43.3 Å². The summed E-state index contributed by atoms with van der Waals surface area (Å²) in [4.78, 5) is 0. The van der Waals surface area contributed by atoms with Crippen LogP contribution in [0.1, 0.15) is 27.8 Å². The van der Waals surface area contributed by atoms with Crippen LogP contribution < -0.4 is 4.74 Å². The Balaban J connectivity index is 2.05. The number of rotatable bonds is 1. The highest BCUT2D eigenvalue weighted by atomic mass is 16.5. The molecule has 2 aromatic rings. The van der Waals surface area contributed by atoms with Gasteiger partial charge in [0.05, 0.1) is 7.11 Å². The number of ether oxygens (including phenoxy) is 1. The van der Waals surface area contributed by atoms with Crippen molar-refractivity contribution in [3.63, 3.8) is 0 Å². The van der Waals surface area contributed by atoms with E-state index in [1.54, 1.807) is 7.11 Å². The van der Waals surface area contributed by atoms with Gasteiger partial charge in [-0.1, -0.05) is 30.3 Å². The largest absolute Gasteiger partial charge is 0.496 e. The van der Waals surface area contributed by atoms with Crippen LogP contribution in [0, 0.1) is 6.92 Å². The van der Waals surface area contributed by atoms with Crippen molar-refractivity contribution in [1.29, 1.82) is 0 Å². The summed E-state index contributed by atoms with van der Waals surface area (Å²) in [5.74, 6) is 1.05. The van der Waals surface area contributed by atoms with Gasteiger partial charge in [0.25, 0.3) is 0 Å². The minimum Gasteiger partial charge on any atom is -0.496 e. The molecule has 0 atom stereocenters. The van der Waals surface area contributed by atoms with Gasteiger partial charge in [-0.2, -0.15) is 0 Å². The first-order valence-corrected chi connectivity index (χ1v) is 7.00. The maximum atomic E-state index is 5.56. The summed E-state index contributed by atoms with van der Waals surface area (Å²) in [6.07, 6.45) is 4.31. The predicted octanol–water partition coefficient (Wildman–Crippen LogP) is 3.89. The van der Waals surface area contributed by atoms with E-state index < -0.39 is 0 Å². The fraction of sp³-hybridized carbons (Fsp3) is 0.333. The van der Waals surface area contributed by atoms with Gasteiger partial charge in [0, 0.05) is 0 Å². The van der Waals surface area contributed by atoms with Crippen LogP contribution in [0.4, 0.5) is 0 Å². The number of aryl methyl sites for hydroxylation is 5. The van der Waals surface area contributed by atoms with E-state index in [0.29, 0.717) is 0 Å². The van der Waals surface area contributed by atoms with Crippen LogP contribution in [0.25, 0.3) is 0 Å². The molecule has 1 heteroatoms. The van der Waals surface area contributed by atoms with E-state index >= 15 is 0 Å². The van der Waals surface area contributed by atoms with Crippen LogP contribution in [-0.4, -0.2) is 7.11 Å². The lowest BCUT2D eigenvalue weighted by atomic mass is 9.93. The number of methoxy groups -OCH3 is 1. The summed E-state index contributed by atoms with van der Waals surface area (Å²) < 4.78 is 5.56. The highest BCUT2D eigenvalue weighted by Crippen LogP contribution is 2.27. The molecule has 0 saturated carbocycles. The molecule has 0 aromatic heterocycles. The fourth-order valence-corrected chi connectivity index (χ4v) is 2.88. The second-order valence-corrected chi connectivity index (χ2v) is 5.41. The van der Waals surface area contributed by atoms with Crippen molar-refractivity contribution >= 4 is 0 Å². The Labute approximate surface area is 115 Å². The quantitative estimate of drug-likeness (QED) is 0.748. The summed E-state index contributed by atoms with van der Waals surface area (Å²) in [6, 6.07) is 13.6. The van der Waals surface area contributed by atoms with Gasteiger partial charge in [-0.3, -0.25) is 0 Å². The maximum absolute atomic E-state index is 5.56. The molecule has 4 aliphatic carbocycles. The molecule has 0 unspecified atom stereocenters. The molecule has 0 aliphatic heterocycles. The first-order chi connectivity index (χ1) is 9.26. The van der Waals surface area contributed by atoms with Gasteiger partial charge in [0.15, 0.2) is 0 Å². The second-order valence-electron chi connectivity index (χ2n) is 5.41. The van der Waals surface area contributed by atoms with Crippen LogP contribution >= 0.6 is 0 Å². The first kappa shape index (κ1) is 12.3. The normalized spacial score (nSPS) is 14.0. The van der Waals surface area contributed by atoms with Crippen molar-refractivity contribution in [3.05, 3.63) is 64.2 Å². The molecular weight excluding hydrogens is 232 g/mol. The van der Waals surface area contributed by atoms with Gasteiger partial charge in [0.2, 0.25) is 0 Å². The molecule has 0 saturated heterocycles. The van der Waals surface area contributed by atoms with Crippen LogP contribution in [0.3, 0.4) is 0 Å². The molecule has 1 nitrogen and oxygen atoms in total. The predicted molar refractivity (Wildman–Crippen MR) is 79.0 cm³/mol. The van der Waals surface area contributed by atoms with Gasteiger partial charge in [0.1, 0.15) is 5.75 Å². The minimum atomic E-state index is 1.05. The molecule has 6 rings (SSSR count). The molecule has 0 spiro atoms. The average Bonchev–Trinajstić information content (AvgIpc) is 2.43. The minimum absolute atomic E-state index is 1.05. The Hall–Kier alpha value is -1.76. The second kappa shape index (κ2) is 5.08. The standard InChI is InChI=1S/C18H20O/c1-13-11-17-10-8-15-5-3-14(4-6-15)7-9-16(13)12-18(17)19-2/h3-6,11-12H,7-10H2,1-2H3. The van der Waals surface area contributed by atoms with Gasteiger partial charge in [-0.05, 0) is 66.5 Å². The molecule has 98 valence electrons. The Morgan fingerprint density at radius 1 is 0.789 bits per heavy atom. The van der Waals surface area contributed by atoms with Crippen molar-refractivity contribution in [3.8, 4) is 5.75 Å².